The van der Waals surface area contributed by atoms with Gasteiger partial charge in [0.15, 0.2) is 0 Å². The molecule has 1 amide bonds. The minimum Gasteiger partial charge on any atom is -0.465 e. The maximum absolute atomic E-state index is 10.4. The Balaban J connectivity index is 2.74. The Bertz CT molecular complexity index is 271. The molecule has 1 atom stereocenters. The van der Waals surface area contributed by atoms with Crippen LogP contribution in [0.5, 0.6) is 0 Å². The van der Waals surface area contributed by atoms with E-state index in [1.807, 2.05) is 13.8 Å². The molecule has 0 fully saturated rings. The summed E-state index contributed by atoms with van der Waals surface area (Å²) in [6.07, 6.45) is 0.0748. The van der Waals surface area contributed by atoms with Crippen molar-refractivity contribution in [1.29, 1.82) is 0 Å². The van der Waals surface area contributed by atoms with E-state index in [-0.39, 0.29) is 11.8 Å². The summed E-state index contributed by atoms with van der Waals surface area (Å²) in [6, 6.07) is -0.444. The summed E-state index contributed by atoms with van der Waals surface area (Å²) in [5.74, 6) is 0.356. The van der Waals surface area contributed by atoms with Gasteiger partial charge in [-0.25, -0.2) is 4.79 Å². The van der Waals surface area contributed by atoms with E-state index in [0.717, 1.165) is 0 Å². The maximum Gasteiger partial charge on any atom is 0.405 e. The highest BCUT2D eigenvalue weighted by atomic mass is 16.4. The molecule has 13 heavy (non-hydrogen) atoms. The van der Waals surface area contributed by atoms with Crippen LogP contribution in [0.2, 0.25) is 0 Å². The fraction of sp³-hybridized carbons (Fsp3) is 0.571. The molecule has 72 valence electrons. The lowest BCUT2D eigenvalue weighted by molar-refractivity contribution is 0.182. The normalized spacial score (nSPS) is 12.8. The van der Waals surface area contributed by atoms with E-state index >= 15 is 0 Å². The van der Waals surface area contributed by atoms with Crippen LogP contribution in [0.15, 0.2) is 10.8 Å². The third-order valence-corrected chi connectivity index (χ3v) is 1.59. The molecule has 0 radical (unpaired) electrons. The molecule has 1 aromatic rings. The highest BCUT2D eigenvalue weighted by Crippen LogP contribution is 2.18. The van der Waals surface area contributed by atoms with E-state index < -0.39 is 12.1 Å². The van der Waals surface area contributed by atoms with Crippen LogP contribution in [0.4, 0.5) is 4.79 Å². The first-order chi connectivity index (χ1) is 6.11. The van der Waals surface area contributed by atoms with Gasteiger partial charge >= 0.3 is 6.09 Å². The molecule has 1 unspecified atom stereocenters. The summed E-state index contributed by atoms with van der Waals surface area (Å²) in [6.45, 7) is 3.73. The van der Waals surface area contributed by atoms with Crippen LogP contribution in [0.3, 0.4) is 0 Å². The molecule has 0 aromatic carbocycles. The van der Waals surface area contributed by atoms with Crippen molar-refractivity contribution in [1.82, 2.24) is 15.5 Å². The van der Waals surface area contributed by atoms with Gasteiger partial charge < -0.3 is 14.8 Å². The number of carboxylic acid groups (broad SMARTS) is 1. The first-order valence-corrected chi connectivity index (χ1v) is 3.86. The third-order valence-electron chi connectivity index (χ3n) is 1.59. The molecule has 6 heteroatoms. The SMILES string of the molecule is CC(C)C(NC(=O)O)c1nnco1. The van der Waals surface area contributed by atoms with Gasteiger partial charge in [0.05, 0.1) is 0 Å². The van der Waals surface area contributed by atoms with Gasteiger partial charge in [-0.1, -0.05) is 13.8 Å². The molecule has 1 aromatic heterocycles. The Morgan fingerprint density at radius 3 is 2.77 bits per heavy atom. The van der Waals surface area contributed by atoms with Gasteiger partial charge in [-0.3, -0.25) is 0 Å². The highest BCUT2D eigenvalue weighted by molar-refractivity contribution is 5.64. The van der Waals surface area contributed by atoms with E-state index in [1.54, 1.807) is 0 Å². The first-order valence-electron chi connectivity index (χ1n) is 3.86. The minimum absolute atomic E-state index is 0.0662. The van der Waals surface area contributed by atoms with Gasteiger partial charge in [-0.05, 0) is 5.92 Å². The second kappa shape index (κ2) is 3.88. The van der Waals surface area contributed by atoms with E-state index in [0.29, 0.717) is 0 Å². The van der Waals surface area contributed by atoms with Gasteiger partial charge in [0.2, 0.25) is 12.3 Å². The second-order valence-corrected chi connectivity index (χ2v) is 2.95. The van der Waals surface area contributed by atoms with Crippen molar-refractivity contribution in [2.24, 2.45) is 5.92 Å². The molecule has 1 rings (SSSR count). The van der Waals surface area contributed by atoms with Crippen LogP contribution in [-0.4, -0.2) is 21.4 Å². The van der Waals surface area contributed by atoms with E-state index in [4.69, 9.17) is 9.52 Å². The van der Waals surface area contributed by atoms with Crippen molar-refractivity contribution in [3.05, 3.63) is 12.3 Å². The fourth-order valence-corrected chi connectivity index (χ4v) is 0.964. The average molecular weight is 185 g/mol. The lowest BCUT2D eigenvalue weighted by atomic mass is 10.1. The minimum atomic E-state index is -1.10. The summed E-state index contributed by atoms with van der Waals surface area (Å²) in [7, 11) is 0. The van der Waals surface area contributed by atoms with Gasteiger partial charge in [0, 0.05) is 0 Å². The summed E-state index contributed by atoms with van der Waals surface area (Å²) < 4.78 is 4.91. The average Bonchev–Trinajstić information content (AvgIpc) is 2.50. The second-order valence-electron chi connectivity index (χ2n) is 2.95. The van der Waals surface area contributed by atoms with Crippen LogP contribution >= 0.6 is 0 Å². The smallest absolute Gasteiger partial charge is 0.405 e. The Labute approximate surface area is 75.0 Å². The molecule has 0 aliphatic rings. The monoisotopic (exact) mass is 185 g/mol. The first kappa shape index (κ1) is 9.50. The van der Waals surface area contributed by atoms with Crippen LogP contribution in [0.1, 0.15) is 25.8 Å². The van der Waals surface area contributed by atoms with Crippen molar-refractivity contribution in [3.8, 4) is 0 Å². The maximum atomic E-state index is 10.4. The Morgan fingerprint density at radius 1 is 1.69 bits per heavy atom. The van der Waals surface area contributed by atoms with Gasteiger partial charge in [-0.15, -0.1) is 10.2 Å². The lowest BCUT2D eigenvalue weighted by Gasteiger charge is -2.15. The van der Waals surface area contributed by atoms with Crippen molar-refractivity contribution in [2.75, 3.05) is 0 Å². The van der Waals surface area contributed by atoms with Gasteiger partial charge in [-0.2, -0.15) is 0 Å². The summed E-state index contributed by atoms with van der Waals surface area (Å²) >= 11 is 0. The zero-order valence-corrected chi connectivity index (χ0v) is 7.39. The molecule has 2 N–H and O–H groups in total. The number of nitrogens with one attached hydrogen (secondary N) is 1. The number of amides is 1. The molecule has 0 saturated carbocycles. The van der Waals surface area contributed by atoms with Gasteiger partial charge in [0.25, 0.3) is 0 Å². The van der Waals surface area contributed by atoms with Crippen LogP contribution < -0.4 is 5.32 Å². The summed E-state index contributed by atoms with van der Waals surface area (Å²) in [5, 5.41) is 18.0. The molecular weight excluding hydrogens is 174 g/mol. The molecule has 0 aliphatic carbocycles. The van der Waals surface area contributed by atoms with Crippen molar-refractivity contribution in [2.45, 2.75) is 19.9 Å². The molecule has 0 spiro atoms. The zero-order valence-electron chi connectivity index (χ0n) is 7.39. The van der Waals surface area contributed by atoms with E-state index in [1.165, 1.54) is 6.39 Å². The topological polar surface area (TPSA) is 88.2 Å². The molecule has 1 heterocycles. The van der Waals surface area contributed by atoms with Crippen LogP contribution in [0.25, 0.3) is 0 Å². The quantitative estimate of drug-likeness (QED) is 0.734. The lowest BCUT2D eigenvalue weighted by Crippen LogP contribution is -2.30. The number of nitrogens with zero attached hydrogens (tertiary/aromatic N) is 2. The number of carbonyl (C=O) groups is 1. The number of rotatable bonds is 3. The van der Waals surface area contributed by atoms with Crippen molar-refractivity contribution in [3.63, 3.8) is 0 Å². The van der Waals surface area contributed by atoms with E-state index in [2.05, 4.69) is 15.5 Å². The predicted molar refractivity (Wildman–Crippen MR) is 43.0 cm³/mol. The number of aromatic nitrogens is 2. The van der Waals surface area contributed by atoms with Crippen LogP contribution in [-0.2, 0) is 0 Å². The molecule has 0 aliphatic heterocycles. The standard InChI is InChI=1S/C7H11N3O3/c1-4(2)5(9-7(11)12)6-10-8-3-13-6/h3-5,9H,1-2H3,(H,11,12). The van der Waals surface area contributed by atoms with E-state index in [9.17, 15) is 4.79 Å². The predicted octanol–water partition coefficient (Wildman–Crippen LogP) is 1.03. The largest absolute Gasteiger partial charge is 0.465 e. The highest BCUT2D eigenvalue weighted by Gasteiger charge is 2.22. The summed E-state index contributed by atoms with van der Waals surface area (Å²) in [5.41, 5.74) is 0. The third kappa shape index (κ3) is 2.43. The molecule has 0 saturated heterocycles. The molecular formula is C7H11N3O3. The van der Waals surface area contributed by atoms with Crippen molar-refractivity contribution < 1.29 is 14.3 Å². The zero-order chi connectivity index (χ0) is 9.84. The Morgan fingerprint density at radius 2 is 2.38 bits per heavy atom. The van der Waals surface area contributed by atoms with Crippen LogP contribution in [0, 0.1) is 5.92 Å². The molecule has 6 nitrogen and oxygen atoms in total. The Kier molecular flexibility index (Phi) is 2.84. The number of hydrogen-bond donors (Lipinski definition) is 2. The fourth-order valence-electron chi connectivity index (χ4n) is 0.964. The number of hydrogen-bond acceptors (Lipinski definition) is 4. The Hall–Kier alpha value is -1.59. The summed E-state index contributed by atoms with van der Waals surface area (Å²) in [4.78, 5) is 10.4. The van der Waals surface area contributed by atoms with Crippen molar-refractivity contribution >= 4 is 6.09 Å². The van der Waals surface area contributed by atoms with Gasteiger partial charge in [0.1, 0.15) is 6.04 Å². The molecule has 0 bridgehead atoms.